The van der Waals surface area contributed by atoms with Crippen molar-refractivity contribution in [1.29, 1.82) is 0 Å². The van der Waals surface area contributed by atoms with E-state index >= 15 is 0 Å². The zero-order valence-electron chi connectivity index (χ0n) is 10.8. The number of carbonyl (C=O) groups excluding carboxylic acids is 1. The van der Waals surface area contributed by atoms with E-state index in [0.717, 1.165) is 12.1 Å². The quantitative estimate of drug-likeness (QED) is 0.820. The van der Waals surface area contributed by atoms with E-state index < -0.39 is 15.8 Å². The molecule has 0 heterocycles. The van der Waals surface area contributed by atoms with Crippen LogP contribution >= 0.6 is 0 Å². The van der Waals surface area contributed by atoms with Gasteiger partial charge in [-0.3, -0.25) is 4.79 Å². The van der Waals surface area contributed by atoms with Gasteiger partial charge in [-0.15, -0.1) is 0 Å². The van der Waals surface area contributed by atoms with Gasteiger partial charge in [-0.05, 0) is 38.1 Å². The Morgan fingerprint density at radius 1 is 1.26 bits per heavy atom. The van der Waals surface area contributed by atoms with E-state index in [0.29, 0.717) is 0 Å². The van der Waals surface area contributed by atoms with Gasteiger partial charge < -0.3 is 5.32 Å². The van der Waals surface area contributed by atoms with Crippen molar-refractivity contribution in [2.75, 3.05) is 6.54 Å². The van der Waals surface area contributed by atoms with Gasteiger partial charge in [0, 0.05) is 19.0 Å². The second kappa shape index (κ2) is 6.63. The molecule has 0 saturated carbocycles. The predicted molar refractivity (Wildman–Crippen MR) is 69.5 cm³/mol. The first kappa shape index (κ1) is 15.6. The van der Waals surface area contributed by atoms with Crippen molar-refractivity contribution in [3.63, 3.8) is 0 Å². The number of amides is 1. The maximum Gasteiger partial charge on any atom is 0.240 e. The van der Waals surface area contributed by atoms with E-state index in [9.17, 15) is 17.6 Å². The summed E-state index contributed by atoms with van der Waals surface area (Å²) in [4.78, 5) is 11.3. The second-order valence-electron chi connectivity index (χ2n) is 4.32. The standard InChI is InChI=1S/C12H17FN2O3S/c1-9(2)15-12(16)7-8-14-19(17,18)11-5-3-10(13)4-6-11/h3-6,9,14H,7-8H2,1-2H3,(H,15,16). The highest BCUT2D eigenvalue weighted by Crippen LogP contribution is 2.09. The lowest BCUT2D eigenvalue weighted by molar-refractivity contribution is -0.121. The van der Waals surface area contributed by atoms with E-state index in [4.69, 9.17) is 0 Å². The van der Waals surface area contributed by atoms with Crippen LogP contribution in [0.4, 0.5) is 4.39 Å². The van der Waals surface area contributed by atoms with Gasteiger partial charge in [0.15, 0.2) is 0 Å². The SMILES string of the molecule is CC(C)NC(=O)CCNS(=O)(=O)c1ccc(F)cc1. The van der Waals surface area contributed by atoms with Crippen molar-refractivity contribution in [2.45, 2.75) is 31.2 Å². The van der Waals surface area contributed by atoms with Gasteiger partial charge in [0.05, 0.1) is 4.90 Å². The molecule has 0 aromatic heterocycles. The fourth-order valence-corrected chi connectivity index (χ4v) is 2.42. The van der Waals surface area contributed by atoms with E-state index in [1.165, 1.54) is 12.1 Å². The van der Waals surface area contributed by atoms with E-state index in [-0.39, 0.29) is 29.8 Å². The molecule has 19 heavy (non-hydrogen) atoms. The van der Waals surface area contributed by atoms with Crippen LogP contribution in [0.1, 0.15) is 20.3 Å². The molecule has 5 nitrogen and oxygen atoms in total. The molecule has 0 saturated heterocycles. The van der Waals surface area contributed by atoms with E-state index in [1.807, 2.05) is 13.8 Å². The van der Waals surface area contributed by atoms with Crippen molar-refractivity contribution in [3.8, 4) is 0 Å². The minimum atomic E-state index is -3.70. The Hall–Kier alpha value is -1.47. The van der Waals surface area contributed by atoms with Gasteiger partial charge >= 0.3 is 0 Å². The average Bonchev–Trinajstić information content (AvgIpc) is 2.28. The van der Waals surface area contributed by atoms with Crippen LogP contribution in [0.3, 0.4) is 0 Å². The molecule has 0 fully saturated rings. The minimum Gasteiger partial charge on any atom is -0.354 e. The zero-order chi connectivity index (χ0) is 14.5. The minimum absolute atomic E-state index is 0.00172. The smallest absolute Gasteiger partial charge is 0.240 e. The summed E-state index contributed by atoms with van der Waals surface area (Å²) in [6.45, 7) is 3.64. The maximum atomic E-state index is 12.7. The highest BCUT2D eigenvalue weighted by Gasteiger charge is 2.14. The van der Waals surface area contributed by atoms with Gasteiger partial charge in [0.2, 0.25) is 15.9 Å². The maximum absolute atomic E-state index is 12.7. The Morgan fingerprint density at radius 3 is 2.37 bits per heavy atom. The van der Waals surface area contributed by atoms with Crippen LogP contribution in [-0.4, -0.2) is 26.9 Å². The molecule has 0 spiro atoms. The second-order valence-corrected chi connectivity index (χ2v) is 6.09. The van der Waals surface area contributed by atoms with Crippen molar-refractivity contribution in [3.05, 3.63) is 30.1 Å². The molecule has 0 aliphatic heterocycles. The summed E-state index contributed by atoms with van der Waals surface area (Å²) in [6, 6.07) is 4.50. The number of halogens is 1. The lowest BCUT2D eigenvalue weighted by Gasteiger charge is -2.09. The number of hydrogen-bond acceptors (Lipinski definition) is 3. The Kier molecular flexibility index (Phi) is 5.44. The number of hydrogen-bond donors (Lipinski definition) is 2. The number of sulfonamides is 1. The molecule has 0 unspecified atom stereocenters. The summed E-state index contributed by atoms with van der Waals surface area (Å²) >= 11 is 0. The zero-order valence-corrected chi connectivity index (χ0v) is 11.6. The third-order valence-electron chi connectivity index (χ3n) is 2.22. The van der Waals surface area contributed by atoms with Gasteiger partial charge in [-0.25, -0.2) is 17.5 Å². The molecule has 0 radical (unpaired) electrons. The monoisotopic (exact) mass is 288 g/mol. The van der Waals surface area contributed by atoms with Crippen LogP contribution in [0.25, 0.3) is 0 Å². The highest BCUT2D eigenvalue weighted by atomic mass is 32.2. The summed E-state index contributed by atoms with van der Waals surface area (Å²) in [5, 5.41) is 2.65. The summed E-state index contributed by atoms with van der Waals surface area (Å²) in [5.74, 6) is -0.730. The van der Waals surface area contributed by atoms with Crippen LogP contribution < -0.4 is 10.0 Å². The average molecular weight is 288 g/mol. The largest absolute Gasteiger partial charge is 0.354 e. The molecule has 1 amide bonds. The molecule has 0 aliphatic carbocycles. The molecule has 1 aromatic carbocycles. The first-order valence-electron chi connectivity index (χ1n) is 5.86. The normalized spacial score (nSPS) is 11.6. The van der Waals surface area contributed by atoms with Crippen LogP contribution in [0.5, 0.6) is 0 Å². The van der Waals surface area contributed by atoms with Gasteiger partial charge in [-0.1, -0.05) is 0 Å². The lowest BCUT2D eigenvalue weighted by Crippen LogP contribution is -2.34. The molecule has 0 aliphatic rings. The Bertz CT molecular complexity index is 526. The van der Waals surface area contributed by atoms with E-state index in [2.05, 4.69) is 10.0 Å². The van der Waals surface area contributed by atoms with E-state index in [1.54, 1.807) is 0 Å². The topological polar surface area (TPSA) is 75.3 Å². The van der Waals surface area contributed by atoms with Gasteiger partial charge in [-0.2, -0.15) is 0 Å². The molecule has 0 bridgehead atoms. The Balaban J connectivity index is 2.52. The van der Waals surface area contributed by atoms with Crippen molar-refractivity contribution < 1.29 is 17.6 Å². The molecule has 0 atom stereocenters. The molecular weight excluding hydrogens is 271 g/mol. The van der Waals surface area contributed by atoms with Crippen molar-refractivity contribution in [2.24, 2.45) is 0 Å². The van der Waals surface area contributed by atoms with Crippen molar-refractivity contribution in [1.82, 2.24) is 10.0 Å². The summed E-state index contributed by atoms with van der Waals surface area (Å²) in [7, 11) is -3.70. The number of rotatable bonds is 6. The lowest BCUT2D eigenvalue weighted by atomic mass is 10.3. The van der Waals surface area contributed by atoms with Crippen molar-refractivity contribution >= 4 is 15.9 Å². The predicted octanol–water partition coefficient (Wildman–Crippen LogP) is 1.02. The Morgan fingerprint density at radius 2 is 1.84 bits per heavy atom. The van der Waals surface area contributed by atoms with Crippen LogP contribution in [-0.2, 0) is 14.8 Å². The molecule has 7 heteroatoms. The summed E-state index contributed by atoms with van der Waals surface area (Å²) < 4.78 is 38.5. The first-order chi connectivity index (χ1) is 8.81. The van der Waals surface area contributed by atoms with Crippen LogP contribution in [0, 0.1) is 5.82 Å². The molecule has 2 N–H and O–H groups in total. The van der Waals surface area contributed by atoms with Gasteiger partial charge in [0.1, 0.15) is 5.82 Å². The van der Waals surface area contributed by atoms with Gasteiger partial charge in [0.25, 0.3) is 0 Å². The third kappa shape index (κ3) is 5.35. The Labute approximate surface area is 112 Å². The van der Waals surface area contributed by atoms with Crippen LogP contribution in [0.2, 0.25) is 0 Å². The molecule has 106 valence electrons. The fraction of sp³-hybridized carbons (Fsp3) is 0.417. The third-order valence-corrected chi connectivity index (χ3v) is 3.69. The number of carbonyl (C=O) groups is 1. The fourth-order valence-electron chi connectivity index (χ4n) is 1.39. The summed E-state index contributed by atoms with van der Waals surface area (Å²) in [6.07, 6.45) is 0.0542. The highest BCUT2D eigenvalue weighted by molar-refractivity contribution is 7.89. The first-order valence-corrected chi connectivity index (χ1v) is 7.34. The number of benzene rings is 1. The molecule has 1 rings (SSSR count). The molecular formula is C12H17FN2O3S. The van der Waals surface area contributed by atoms with Crippen LogP contribution in [0.15, 0.2) is 29.2 Å². The number of nitrogens with one attached hydrogen (secondary N) is 2. The molecule has 1 aromatic rings. The summed E-state index contributed by atoms with van der Waals surface area (Å²) in [5.41, 5.74) is 0.